The van der Waals surface area contributed by atoms with Crippen molar-refractivity contribution < 1.29 is 14.3 Å². The van der Waals surface area contributed by atoms with Crippen LogP contribution in [-0.2, 0) is 11.3 Å². The van der Waals surface area contributed by atoms with Gasteiger partial charge >= 0.3 is 0 Å². The first-order valence-corrected chi connectivity index (χ1v) is 7.02. The van der Waals surface area contributed by atoms with Crippen molar-refractivity contribution >= 4 is 11.8 Å². The van der Waals surface area contributed by atoms with Crippen molar-refractivity contribution in [1.82, 2.24) is 4.90 Å². The normalized spacial score (nSPS) is 15.0. The third-order valence-corrected chi connectivity index (χ3v) is 3.56. The van der Waals surface area contributed by atoms with Crippen LogP contribution in [0.3, 0.4) is 0 Å². The average molecular weight is 296 g/mol. The number of benzene rings is 2. The number of hydrogen-bond donors (Lipinski definition) is 1. The SMILES string of the molecule is NC(COCc1ccccc1)N1C(=O)c2ccccc2C1=O. The summed E-state index contributed by atoms with van der Waals surface area (Å²) in [4.78, 5) is 25.6. The molecule has 2 N–H and O–H groups in total. The van der Waals surface area contributed by atoms with E-state index in [1.165, 1.54) is 0 Å². The van der Waals surface area contributed by atoms with E-state index in [0.717, 1.165) is 10.5 Å². The summed E-state index contributed by atoms with van der Waals surface area (Å²) < 4.78 is 5.52. The van der Waals surface area contributed by atoms with Crippen molar-refractivity contribution in [3.05, 3.63) is 71.3 Å². The maximum Gasteiger partial charge on any atom is 0.262 e. The number of hydrogen-bond acceptors (Lipinski definition) is 4. The topological polar surface area (TPSA) is 72.6 Å². The van der Waals surface area contributed by atoms with E-state index in [1.54, 1.807) is 24.3 Å². The van der Waals surface area contributed by atoms with E-state index < -0.39 is 6.17 Å². The minimum absolute atomic E-state index is 0.0976. The highest BCUT2D eigenvalue weighted by Gasteiger charge is 2.38. The fourth-order valence-electron chi connectivity index (χ4n) is 2.46. The van der Waals surface area contributed by atoms with E-state index in [2.05, 4.69) is 0 Å². The van der Waals surface area contributed by atoms with Crippen molar-refractivity contribution in [3.63, 3.8) is 0 Å². The Morgan fingerprint density at radius 1 is 0.909 bits per heavy atom. The summed E-state index contributed by atoms with van der Waals surface area (Å²) in [5.74, 6) is -0.729. The van der Waals surface area contributed by atoms with E-state index >= 15 is 0 Å². The van der Waals surface area contributed by atoms with Crippen molar-refractivity contribution in [1.29, 1.82) is 0 Å². The minimum atomic E-state index is -0.795. The predicted octanol–water partition coefficient (Wildman–Crippen LogP) is 1.78. The first kappa shape index (κ1) is 14.4. The van der Waals surface area contributed by atoms with Crippen LogP contribution >= 0.6 is 0 Å². The fourth-order valence-corrected chi connectivity index (χ4v) is 2.46. The molecular weight excluding hydrogens is 280 g/mol. The van der Waals surface area contributed by atoms with Crippen LogP contribution in [0.25, 0.3) is 0 Å². The Bertz CT molecular complexity index is 665. The standard InChI is InChI=1S/C17H16N2O3/c18-15(11-22-10-12-6-2-1-3-7-12)19-16(20)13-8-4-5-9-14(13)17(19)21/h1-9,15H,10-11,18H2. The lowest BCUT2D eigenvalue weighted by Crippen LogP contribution is -2.48. The molecule has 112 valence electrons. The van der Waals surface area contributed by atoms with Crippen LogP contribution in [0.2, 0.25) is 0 Å². The molecule has 22 heavy (non-hydrogen) atoms. The van der Waals surface area contributed by atoms with Gasteiger partial charge in [-0.1, -0.05) is 42.5 Å². The Balaban J connectivity index is 1.63. The van der Waals surface area contributed by atoms with Crippen LogP contribution in [0, 0.1) is 0 Å². The summed E-state index contributed by atoms with van der Waals surface area (Å²) in [6.07, 6.45) is -0.795. The van der Waals surface area contributed by atoms with Gasteiger partial charge in [-0.05, 0) is 17.7 Å². The fraction of sp³-hybridized carbons (Fsp3) is 0.176. The molecule has 0 radical (unpaired) electrons. The maximum atomic E-state index is 12.3. The smallest absolute Gasteiger partial charge is 0.262 e. The molecule has 0 aromatic heterocycles. The molecule has 2 aromatic rings. The highest BCUT2D eigenvalue weighted by Crippen LogP contribution is 2.23. The van der Waals surface area contributed by atoms with Crippen molar-refractivity contribution in [2.75, 3.05) is 6.61 Å². The molecule has 0 saturated carbocycles. The van der Waals surface area contributed by atoms with Crippen LogP contribution in [0.4, 0.5) is 0 Å². The van der Waals surface area contributed by atoms with Crippen molar-refractivity contribution in [3.8, 4) is 0 Å². The molecule has 2 amide bonds. The van der Waals surface area contributed by atoms with E-state index in [1.807, 2.05) is 30.3 Å². The number of fused-ring (bicyclic) bond motifs is 1. The Morgan fingerprint density at radius 2 is 1.45 bits per heavy atom. The molecular formula is C17H16N2O3. The first-order chi connectivity index (χ1) is 10.7. The molecule has 0 fully saturated rings. The second-order valence-corrected chi connectivity index (χ2v) is 5.09. The number of ether oxygens (including phenoxy) is 1. The summed E-state index contributed by atoms with van der Waals surface area (Å²) in [6, 6.07) is 16.4. The van der Waals surface area contributed by atoms with Crippen molar-refractivity contribution in [2.24, 2.45) is 5.73 Å². The zero-order chi connectivity index (χ0) is 15.5. The third kappa shape index (κ3) is 2.64. The predicted molar refractivity (Wildman–Crippen MR) is 81.0 cm³/mol. The van der Waals surface area contributed by atoms with Gasteiger partial charge in [0, 0.05) is 0 Å². The van der Waals surface area contributed by atoms with Gasteiger partial charge in [-0.2, -0.15) is 0 Å². The Kier molecular flexibility index (Phi) is 4.00. The lowest BCUT2D eigenvalue weighted by Gasteiger charge is -2.22. The van der Waals surface area contributed by atoms with Gasteiger partial charge in [0.15, 0.2) is 0 Å². The Morgan fingerprint density at radius 3 is 2.05 bits per heavy atom. The number of imide groups is 1. The minimum Gasteiger partial charge on any atom is -0.373 e. The third-order valence-electron chi connectivity index (χ3n) is 3.56. The number of amides is 2. The second-order valence-electron chi connectivity index (χ2n) is 5.09. The number of nitrogens with two attached hydrogens (primary N) is 1. The Labute approximate surface area is 128 Å². The van der Waals surface area contributed by atoms with Gasteiger partial charge in [0.05, 0.1) is 24.3 Å². The van der Waals surface area contributed by atoms with Gasteiger partial charge in [-0.3, -0.25) is 14.5 Å². The highest BCUT2D eigenvalue weighted by molar-refractivity contribution is 6.21. The zero-order valence-corrected chi connectivity index (χ0v) is 11.9. The van der Waals surface area contributed by atoms with Crippen LogP contribution < -0.4 is 5.73 Å². The van der Waals surface area contributed by atoms with Gasteiger partial charge in [-0.25, -0.2) is 0 Å². The molecule has 2 aromatic carbocycles. The van der Waals surface area contributed by atoms with Gasteiger partial charge in [0.25, 0.3) is 11.8 Å². The van der Waals surface area contributed by atoms with Crippen LogP contribution in [0.5, 0.6) is 0 Å². The monoisotopic (exact) mass is 296 g/mol. The summed E-state index contributed by atoms with van der Waals surface area (Å²) in [6.45, 7) is 0.484. The first-order valence-electron chi connectivity index (χ1n) is 7.02. The van der Waals surface area contributed by atoms with Gasteiger partial charge < -0.3 is 10.5 Å². The maximum absolute atomic E-state index is 12.3. The Hall–Kier alpha value is -2.50. The molecule has 1 atom stereocenters. The van der Waals surface area contributed by atoms with E-state index in [0.29, 0.717) is 17.7 Å². The molecule has 3 rings (SSSR count). The second kappa shape index (κ2) is 6.09. The number of carbonyl (C=O) groups is 2. The highest BCUT2D eigenvalue weighted by atomic mass is 16.5. The van der Waals surface area contributed by atoms with Crippen LogP contribution in [0.15, 0.2) is 54.6 Å². The summed E-state index contributed by atoms with van der Waals surface area (Å²) in [5.41, 5.74) is 7.76. The largest absolute Gasteiger partial charge is 0.373 e. The molecule has 5 nitrogen and oxygen atoms in total. The van der Waals surface area contributed by atoms with Gasteiger partial charge in [-0.15, -0.1) is 0 Å². The lowest BCUT2D eigenvalue weighted by molar-refractivity contribution is 0.0376. The number of nitrogens with zero attached hydrogens (tertiary/aromatic N) is 1. The summed E-state index contributed by atoms with van der Waals surface area (Å²) in [7, 11) is 0. The molecule has 1 aliphatic heterocycles. The number of carbonyl (C=O) groups excluding carboxylic acids is 2. The molecule has 5 heteroatoms. The molecule has 1 unspecified atom stereocenters. The van der Waals surface area contributed by atoms with E-state index in [9.17, 15) is 9.59 Å². The zero-order valence-electron chi connectivity index (χ0n) is 11.9. The molecule has 1 heterocycles. The lowest BCUT2D eigenvalue weighted by atomic mass is 10.1. The van der Waals surface area contributed by atoms with E-state index in [-0.39, 0.29) is 18.4 Å². The van der Waals surface area contributed by atoms with E-state index in [4.69, 9.17) is 10.5 Å². The van der Waals surface area contributed by atoms with Crippen LogP contribution in [0.1, 0.15) is 26.3 Å². The van der Waals surface area contributed by atoms with Gasteiger partial charge in [0.2, 0.25) is 0 Å². The molecule has 0 spiro atoms. The summed E-state index contributed by atoms with van der Waals surface area (Å²) >= 11 is 0. The number of rotatable bonds is 5. The van der Waals surface area contributed by atoms with Crippen molar-refractivity contribution in [2.45, 2.75) is 12.8 Å². The summed E-state index contributed by atoms with van der Waals surface area (Å²) in [5, 5.41) is 0. The molecule has 0 saturated heterocycles. The van der Waals surface area contributed by atoms with Crippen LogP contribution in [-0.4, -0.2) is 29.5 Å². The molecule has 0 aliphatic carbocycles. The van der Waals surface area contributed by atoms with Gasteiger partial charge in [0.1, 0.15) is 6.17 Å². The quantitative estimate of drug-likeness (QED) is 0.854. The molecule has 0 bridgehead atoms. The average Bonchev–Trinajstić information content (AvgIpc) is 2.80. The molecule has 1 aliphatic rings.